The molecule has 2 N–H and O–H groups in total. The molecule has 0 saturated carbocycles. The molecule has 0 aliphatic carbocycles. The van der Waals surface area contributed by atoms with Crippen LogP contribution in [-0.4, -0.2) is 31.1 Å². The van der Waals surface area contributed by atoms with Crippen LogP contribution in [-0.2, 0) is 6.54 Å². The van der Waals surface area contributed by atoms with Crippen molar-refractivity contribution in [2.24, 2.45) is 10.9 Å². The standard InChI is InChI=1S/C16H28N4O/c1-12(2)8-9-13(3)20-16(17-4)19-11-14-7-6-10-18-15(14)21-5/h6-7,10,12-13H,8-9,11H2,1-5H3,(H2,17,19,20). The number of guanidine groups is 1. The zero-order valence-corrected chi connectivity index (χ0v) is 13.8. The maximum Gasteiger partial charge on any atom is 0.218 e. The molecule has 0 aliphatic heterocycles. The summed E-state index contributed by atoms with van der Waals surface area (Å²) >= 11 is 0. The number of methoxy groups -OCH3 is 1. The van der Waals surface area contributed by atoms with Gasteiger partial charge < -0.3 is 15.4 Å². The second kappa shape index (κ2) is 9.21. The van der Waals surface area contributed by atoms with Crippen molar-refractivity contribution in [1.29, 1.82) is 0 Å². The first kappa shape index (κ1) is 17.3. The molecule has 0 bridgehead atoms. The molecular formula is C16H28N4O. The van der Waals surface area contributed by atoms with E-state index in [4.69, 9.17) is 4.74 Å². The molecule has 0 fully saturated rings. The van der Waals surface area contributed by atoms with Crippen LogP contribution in [0.2, 0.25) is 0 Å². The van der Waals surface area contributed by atoms with Crippen LogP contribution in [0.4, 0.5) is 0 Å². The maximum absolute atomic E-state index is 5.25. The van der Waals surface area contributed by atoms with Gasteiger partial charge in [0.2, 0.25) is 5.88 Å². The Kier molecular flexibility index (Phi) is 7.58. The molecule has 21 heavy (non-hydrogen) atoms. The van der Waals surface area contributed by atoms with Crippen LogP contribution in [0.5, 0.6) is 5.88 Å². The van der Waals surface area contributed by atoms with Crippen LogP contribution >= 0.6 is 0 Å². The number of rotatable bonds is 7. The van der Waals surface area contributed by atoms with E-state index in [0.717, 1.165) is 23.9 Å². The number of ether oxygens (including phenoxy) is 1. The molecule has 0 radical (unpaired) electrons. The lowest BCUT2D eigenvalue weighted by Gasteiger charge is -2.19. The van der Waals surface area contributed by atoms with Crippen molar-refractivity contribution in [1.82, 2.24) is 15.6 Å². The molecule has 118 valence electrons. The topological polar surface area (TPSA) is 58.5 Å². The highest BCUT2D eigenvalue weighted by Crippen LogP contribution is 2.12. The summed E-state index contributed by atoms with van der Waals surface area (Å²) in [6.07, 6.45) is 4.07. The van der Waals surface area contributed by atoms with E-state index >= 15 is 0 Å². The van der Waals surface area contributed by atoms with E-state index in [0.29, 0.717) is 18.5 Å². The first-order valence-corrected chi connectivity index (χ1v) is 7.51. The summed E-state index contributed by atoms with van der Waals surface area (Å²) in [6, 6.07) is 4.30. The van der Waals surface area contributed by atoms with Crippen molar-refractivity contribution in [2.45, 2.75) is 46.2 Å². The van der Waals surface area contributed by atoms with E-state index in [9.17, 15) is 0 Å². The monoisotopic (exact) mass is 292 g/mol. The normalized spacial score (nSPS) is 13.1. The number of nitrogens with zero attached hydrogens (tertiary/aromatic N) is 2. The molecule has 1 unspecified atom stereocenters. The predicted molar refractivity (Wildman–Crippen MR) is 87.7 cm³/mol. The number of aromatic nitrogens is 1. The molecule has 1 heterocycles. The van der Waals surface area contributed by atoms with Crippen molar-refractivity contribution in [3.05, 3.63) is 23.9 Å². The molecule has 0 saturated heterocycles. The third kappa shape index (κ3) is 6.47. The summed E-state index contributed by atoms with van der Waals surface area (Å²) in [4.78, 5) is 8.45. The van der Waals surface area contributed by atoms with Crippen LogP contribution in [0.25, 0.3) is 0 Å². The highest BCUT2D eigenvalue weighted by molar-refractivity contribution is 5.79. The molecular weight excluding hydrogens is 264 g/mol. The number of hydrogen-bond donors (Lipinski definition) is 2. The van der Waals surface area contributed by atoms with E-state index in [1.807, 2.05) is 12.1 Å². The van der Waals surface area contributed by atoms with Gasteiger partial charge >= 0.3 is 0 Å². The Morgan fingerprint density at radius 3 is 2.71 bits per heavy atom. The van der Waals surface area contributed by atoms with Gasteiger partial charge in [0.1, 0.15) is 0 Å². The van der Waals surface area contributed by atoms with Crippen LogP contribution in [0.1, 0.15) is 39.2 Å². The van der Waals surface area contributed by atoms with Crippen molar-refractivity contribution in [3.63, 3.8) is 0 Å². The van der Waals surface area contributed by atoms with Gasteiger partial charge in [-0.3, -0.25) is 4.99 Å². The Balaban J connectivity index is 2.48. The second-order valence-corrected chi connectivity index (χ2v) is 5.61. The number of pyridine rings is 1. The Hall–Kier alpha value is -1.78. The third-order valence-corrected chi connectivity index (χ3v) is 3.27. The van der Waals surface area contributed by atoms with Crippen LogP contribution in [0.15, 0.2) is 23.3 Å². The minimum atomic E-state index is 0.398. The van der Waals surface area contributed by atoms with E-state index in [-0.39, 0.29) is 0 Å². The largest absolute Gasteiger partial charge is 0.481 e. The van der Waals surface area contributed by atoms with Crippen LogP contribution < -0.4 is 15.4 Å². The van der Waals surface area contributed by atoms with E-state index in [1.54, 1.807) is 20.4 Å². The van der Waals surface area contributed by atoms with Gasteiger partial charge in [0, 0.05) is 31.4 Å². The highest BCUT2D eigenvalue weighted by Gasteiger charge is 2.08. The molecule has 0 spiro atoms. The average Bonchev–Trinajstić information content (AvgIpc) is 2.49. The minimum Gasteiger partial charge on any atom is -0.481 e. The summed E-state index contributed by atoms with van der Waals surface area (Å²) < 4.78 is 5.25. The van der Waals surface area contributed by atoms with Crippen molar-refractivity contribution >= 4 is 5.96 Å². The predicted octanol–water partition coefficient (Wildman–Crippen LogP) is 2.58. The Morgan fingerprint density at radius 1 is 1.33 bits per heavy atom. The van der Waals surface area contributed by atoms with Gasteiger partial charge in [0.05, 0.1) is 7.11 Å². The van der Waals surface area contributed by atoms with Gasteiger partial charge in [-0.25, -0.2) is 4.98 Å². The van der Waals surface area contributed by atoms with Crippen molar-refractivity contribution < 1.29 is 4.74 Å². The molecule has 0 aliphatic rings. The zero-order valence-electron chi connectivity index (χ0n) is 13.8. The first-order valence-electron chi connectivity index (χ1n) is 7.51. The highest BCUT2D eigenvalue weighted by atomic mass is 16.5. The summed E-state index contributed by atoms with van der Waals surface area (Å²) in [5, 5.41) is 6.71. The Bertz CT molecular complexity index is 446. The van der Waals surface area contributed by atoms with Gasteiger partial charge in [-0.05, 0) is 31.7 Å². The number of aliphatic imine (C=N–C) groups is 1. The molecule has 0 aromatic carbocycles. The zero-order chi connectivity index (χ0) is 15.7. The summed E-state index contributed by atoms with van der Waals surface area (Å²) in [7, 11) is 3.41. The molecule has 1 aromatic heterocycles. The molecule has 1 atom stereocenters. The van der Waals surface area contributed by atoms with Gasteiger partial charge in [-0.1, -0.05) is 19.9 Å². The van der Waals surface area contributed by atoms with Gasteiger partial charge in [-0.15, -0.1) is 0 Å². The molecule has 5 heteroatoms. The molecule has 1 aromatic rings. The number of hydrogen-bond acceptors (Lipinski definition) is 3. The summed E-state index contributed by atoms with van der Waals surface area (Å²) in [5.41, 5.74) is 1.01. The lowest BCUT2D eigenvalue weighted by atomic mass is 10.0. The SMILES string of the molecule is CN=C(NCc1cccnc1OC)NC(C)CCC(C)C. The van der Waals surface area contributed by atoms with E-state index < -0.39 is 0 Å². The van der Waals surface area contributed by atoms with Gasteiger partial charge in [0.25, 0.3) is 0 Å². The lowest BCUT2D eigenvalue weighted by molar-refractivity contribution is 0.392. The van der Waals surface area contributed by atoms with Crippen molar-refractivity contribution in [3.8, 4) is 5.88 Å². The van der Waals surface area contributed by atoms with E-state index in [1.165, 1.54) is 6.42 Å². The maximum atomic E-state index is 5.25. The van der Waals surface area contributed by atoms with Crippen LogP contribution in [0, 0.1) is 5.92 Å². The van der Waals surface area contributed by atoms with Crippen LogP contribution in [0.3, 0.4) is 0 Å². The Labute approximate surface area is 128 Å². The molecule has 5 nitrogen and oxygen atoms in total. The lowest BCUT2D eigenvalue weighted by Crippen LogP contribution is -2.42. The van der Waals surface area contributed by atoms with E-state index in [2.05, 4.69) is 41.4 Å². The number of nitrogens with one attached hydrogen (secondary N) is 2. The summed E-state index contributed by atoms with van der Waals surface area (Å²) in [5.74, 6) is 2.18. The fraction of sp³-hybridized carbons (Fsp3) is 0.625. The minimum absolute atomic E-state index is 0.398. The quantitative estimate of drug-likeness (QED) is 0.599. The smallest absolute Gasteiger partial charge is 0.218 e. The fourth-order valence-corrected chi connectivity index (χ4v) is 2.00. The van der Waals surface area contributed by atoms with Gasteiger partial charge in [0.15, 0.2) is 5.96 Å². The summed E-state index contributed by atoms with van der Waals surface area (Å²) in [6.45, 7) is 7.30. The second-order valence-electron chi connectivity index (χ2n) is 5.61. The first-order chi connectivity index (χ1) is 10.1. The average molecular weight is 292 g/mol. The van der Waals surface area contributed by atoms with Crippen molar-refractivity contribution in [2.75, 3.05) is 14.2 Å². The Morgan fingerprint density at radius 2 is 2.10 bits per heavy atom. The molecule has 0 amide bonds. The third-order valence-electron chi connectivity index (χ3n) is 3.27. The fourth-order valence-electron chi connectivity index (χ4n) is 2.00. The van der Waals surface area contributed by atoms with Gasteiger partial charge in [-0.2, -0.15) is 0 Å². The molecule has 1 rings (SSSR count).